The topological polar surface area (TPSA) is 41.1 Å². The lowest BCUT2D eigenvalue weighted by Crippen LogP contribution is -2.38. The Hall–Kier alpha value is -0.660. The largest absolute Gasteiger partial charge is 0.316 e. The number of nitrogens with one attached hydrogen (secondary N) is 2. The van der Waals surface area contributed by atoms with Crippen LogP contribution in [0.1, 0.15) is 49.5 Å². The molecular weight excluding hydrogens is 350 g/mol. The highest BCUT2D eigenvalue weighted by Gasteiger charge is 2.56. The first-order valence-electron chi connectivity index (χ1n) is 8.65. The Morgan fingerprint density at radius 1 is 1.33 bits per heavy atom. The van der Waals surface area contributed by atoms with Crippen LogP contribution in [0.5, 0.6) is 0 Å². The van der Waals surface area contributed by atoms with Gasteiger partial charge in [0.2, 0.25) is 5.91 Å². The zero-order chi connectivity index (χ0) is 16.9. The number of alkyl halides is 2. The first-order valence-corrected chi connectivity index (χ1v) is 10.3. The van der Waals surface area contributed by atoms with Crippen LogP contribution in [0.3, 0.4) is 0 Å². The maximum Gasteiger partial charge on any atom is 0.231 e. The van der Waals surface area contributed by atoms with E-state index >= 15 is 0 Å². The summed E-state index contributed by atoms with van der Waals surface area (Å²) >= 11 is 3.14. The molecule has 0 aromatic carbocycles. The maximum absolute atomic E-state index is 13.8. The minimum absolute atomic E-state index is 0.199. The predicted molar refractivity (Wildman–Crippen MR) is 94.1 cm³/mol. The second-order valence-corrected chi connectivity index (χ2v) is 9.33. The van der Waals surface area contributed by atoms with Crippen molar-refractivity contribution in [1.82, 2.24) is 4.72 Å². The molecule has 2 atom stereocenters. The Morgan fingerprint density at radius 3 is 2.71 bits per heavy atom. The number of thiophene rings is 1. The van der Waals surface area contributed by atoms with E-state index < -0.39 is 17.8 Å². The summed E-state index contributed by atoms with van der Waals surface area (Å²) in [6, 6.07) is 0.199. The predicted octanol–water partition coefficient (Wildman–Crippen LogP) is 4.41. The van der Waals surface area contributed by atoms with E-state index in [9.17, 15) is 13.6 Å². The van der Waals surface area contributed by atoms with Gasteiger partial charge in [0.05, 0.1) is 10.8 Å². The molecule has 7 heteroatoms. The lowest BCUT2D eigenvalue weighted by atomic mass is 9.92. The monoisotopic (exact) mass is 372 g/mol. The van der Waals surface area contributed by atoms with Gasteiger partial charge in [-0.3, -0.25) is 9.52 Å². The van der Waals surface area contributed by atoms with Crippen molar-refractivity contribution in [3.05, 3.63) is 10.4 Å². The molecule has 132 valence electrons. The van der Waals surface area contributed by atoms with Gasteiger partial charge in [-0.2, -0.15) is 0 Å². The van der Waals surface area contributed by atoms with E-state index in [-0.39, 0.29) is 11.9 Å². The van der Waals surface area contributed by atoms with E-state index in [1.165, 1.54) is 35.7 Å². The summed E-state index contributed by atoms with van der Waals surface area (Å²) in [4.78, 5) is 14.7. The zero-order valence-corrected chi connectivity index (χ0v) is 15.3. The molecule has 3 nitrogen and oxygen atoms in total. The summed E-state index contributed by atoms with van der Waals surface area (Å²) in [7, 11) is 0. The van der Waals surface area contributed by atoms with Crippen molar-refractivity contribution in [2.24, 2.45) is 5.92 Å². The van der Waals surface area contributed by atoms with Crippen LogP contribution in [0.25, 0.3) is 0 Å². The van der Waals surface area contributed by atoms with Crippen molar-refractivity contribution in [2.45, 2.75) is 74.6 Å². The Balaban J connectivity index is 1.49. The Kier molecular flexibility index (Phi) is 4.37. The number of amides is 1. The number of halogens is 2. The third-order valence-corrected chi connectivity index (χ3v) is 7.70. The molecule has 24 heavy (non-hydrogen) atoms. The molecule has 0 radical (unpaired) electrons. The van der Waals surface area contributed by atoms with Crippen LogP contribution in [0.2, 0.25) is 0 Å². The van der Waals surface area contributed by atoms with Gasteiger partial charge in [-0.15, -0.1) is 11.3 Å². The minimum Gasteiger partial charge on any atom is -0.316 e. The van der Waals surface area contributed by atoms with Crippen LogP contribution in [0.15, 0.2) is 4.90 Å². The quantitative estimate of drug-likeness (QED) is 0.752. The van der Waals surface area contributed by atoms with E-state index in [1.807, 2.05) is 0 Å². The van der Waals surface area contributed by atoms with Gasteiger partial charge in [0, 0.05) is 10.9 Å². The highest BCUT2D eigenvalue weighted by atomic mass is 32.2. The fourth-order valence-electron chi connectivity index (χ4n) is 3.42. The van der Waals surface area contributed by atoms with Crippen LogP contribution in [-0.2, 0) is 17.6 Å². The highest BCUT2D eigenvalue weighted by Crippen LogP contribution is 2.49. The van der Waals surface area contributed by atoms with E-state index in [2.05, 4.69) is 10.0 Å². The second-order valence-electron chi connectivity index (χ2n) is 7.38. The SMILES string of the molecule is CC1(F)C[C@H]1C(=O)Nc1sc2c(c1SN[C@H]1C[C@@H](F)C1)CCCC2. The molecule has 0 aliphatic heterocycles. The van der Waals surface area contributed by atoms with Crippen molar-refractivity contribution in [3.63, 3.8) is 0 Å². The van der Waals surface area contributed by atoms with E-state index in [4.69, 9.17) is 0 Å². The van der Waals surface area contributed by atoms with Crippen molar-refractivity contribution >= 4 is 34.2 Å². The molecule has 2 saturated carbocycles. The summed E-state index contributed by atoms with van der Waals surface area (Å²) < 4.78 is 30.1. The first-order chi connectivity index (χ1) is 11.4. The van der Waals surface area contributed by atoms with Gasteiger partial charge in [0.25, 0.3) is 0 Å². The molecule has 2 fully saturated rings. The molecule has 1 aromatic rings. The smallest absolute Gasteiger partial charge is 0.231 e. The minimum atomic E-state index is -1.35. The molecule has 0 saturated heterocycles. The summed E-state index contributed by atoms with van der Waals surface area (Å²) in [5, 5.41) is 3.79. The summed E-state index contributed by atoms with van der Waals surface area (Å²) in [5.74, 6) is -0.741. The van der Waals surface area contributed by atoms with Gasteiger partial charge in [-0.05, 0) is 69.4 Å². The average Bonchev–Trinajstić information content (AvgIpc) is 3.01. The molecular formula is C17H22F2N2OS2. The zero-order valence-electron chi connectivity index (χ0n) is 13.7. The van der Waals surface area contributed by atoms with E-state index in [1.54, 1.807) is 11.3 Å². The van der Waals surface area contributed by atoms with Gasteiger partial charge < -0.3 is 5.32 Å². The van der Waals surface area contributed by atoms with Gasteiger partial charge in [0.15, 0.2) is 0 Å². The number of hydrogen-bond acceptors (Lipinski definition) is 4. The van der Waals surface area contributed by atoms with E-state index in [0.717, 1.165) is 29.2 Å². The second kappa shape index (κ2) is 6.25. The average molecular weight is 373 g/mol. The number of rotatable bonds is 5. The Morgan fingerprint density at radius 2 is 2.04 bits per heavy atom. The maximum atomic E-state index is 13.8. The van der Waals surface area contributed by atoms with Gasteiger partial charge in [-0.25, -0.2) is 8.78 Å². The molecule has 3 aliphatic carbocycles. The normalized spacial score (nSPS) is 34.4. The van der Waals surface area contributed by atoms with Crippen molar-refractivity contribution in [3.8, 4) is 0 Å². The number of hydrogen-bond donors (Lipinski definition) is 2. The third-order valence-electron chi connectivity index (χ3n) is 5.25. The fourth-order valence-corrected chi connectivity index (χ4v) is 5.89. The first kappa shape index (κ1) is 16.8. The van der Waals surface area contributed by atoms with Crippen LogP contribution in [0.4, 0.5) is 13.8 Å². The van der Waals surface area contributed by atoms with Crippen LogP contribution < -0.4 is 10.0 Å². The molecule has 0 bridgehead atoms. The number of aryl methyl sites for hydroxylation is 1. The summed E-state index contributed by atoms with van der Waals surface area (Å²) in [6.45, 7) is 1.48. The van der Waals surface area contributed by atoms with Crippen LogP contribution in [-0.4, -0.2) is 23.8 Å². The number of anilines is 1. The number of carbonyl (C=O) groups excluding carboxylic acids is 1. The molecule has 1 amide bonds. The number of carbonyl (C=O) groups is 1. The standard InChI is InChI=1S/C17H22F2N2OS2/c1-17(19)8-12(17)15(22)20-16-14(24-21-10-6-9(18)7-10)11-4-2-3-5-13(11)23-16/h9-10,12,21H,2-8H2,1H3,(H,20,22)/t9-,10+,12-,17?/m0/s1. The molecule has 2 N–H and O–H groups in total. The molecule has 4 rings (SSSR count). The number of fused-ring (bicyclic) bond motifs is 1. The Bertz CT molecular complexity index is 655. The molecule has 0 spiro atoms. The van der Waals surface area contributed by atoms with Crippen LogP contribution >= 0.6 is 23.3 Å². The van der Waals surface area contributed by atoms with E-state index in [0.29, 0.717) is 19.3 Å². The highest BCUT2D eigenvalue weighted by molar-refractivity contribution is 7.97. The van der Waals surface area contributed by atoms with Crippen molar-refractivity contribution < 1.29 is 13.6 Å². The molecule has 1 unspecified atom stereocenters. The molecule has 3 aliphatic rings. The Labute approximate surface area is 149 Å². The summed E-state index contributed by atoms with van der Waals surface area (Å²) in [5.41, 5.74) is -0.0387. The van der Waals surface area contributed by atoms with Gasteiger partial charge in [-0.1, -0.05) is 0 Å². The third kappa shape index (κ3) is 3.22. The lowest BCUT2D eigenvalue weighted by Gasteiger charge is -2.30. The van der Waals surface area contributed by atoms with Gasteiger partial charge in [0.1, 0.15) is 16.8 Å². The molecule has 1 heterocycles. The lowest BCUT2D eigenvalue weighted by molar-refractivity contribution is -0.118. The van der Waals surface area contributed by atoms with Crippen LogP contribution in [0, 0.1) is 5.92 Å². The summed E-state index contributed by atoms with van der Waals surface area (Å²) in [6.07, 6.45) is 5.14. The molecule has 1 aromatic heterocycles. The van der Waals surface area contributed by atoms with Crippen molar-refractivity contribution in [2.75, 3.05) is 5.32 Å². The fraction of sp³-hybridized carbons (Fsp3) is 0.706. The van der Waals surface area contributed by atoms with Crippen molar-refractivity contribution in [1.29, 1.82) is 0 Å². The van der Waals surface area contributed by atoms with Gasteiger partial charge >= 0.3 is 0 Å².